The molecular weight excluding hydrogens is 236 g/mol. The van der Waals surface area contributed by atoms with Gasteiger partial charge in [-0.3, -0.25) is 10.2 Å². The van der Waals surface area contributed by atoms with Crippen molar-refractivity contribution in [1.29, 1.82) is 0 Å². The molecule has 1 aromatic rings. The van der Waals surface area contributed by atoms with E-state index in [2.05, 4.69) is 5.43 Å². The van der Waals surface area contributed by atoms with E-state index in [0.717, 1.165) is 23.7 Å². The van der Waals surface area contributed by atoms with Crippen molar-refractivity contribution >= 4 is 29.3 Å². The van der Waals surface area contributed by atoms with Crippen molar-refractivity contribution in [2.75, 3.05) is 5.75 Å². The molecule has 6 heteroatoms. The van der Waals surface area contributed by atoms with Gasteiger partial charge in [-0.15, -0.1) is 0 Å². The van der Waals surface area contributed by atoms with Gasteiger partial charge < -0.3 is 4.42 Å². The van der Waals surface area contributed by atoms with Crippen molar-refractivity contribution in [2.45, 2.75) is 18.6 Å². The molecule has 3 N–H and O–H groups in total. The average Bonchev–Trinajstić information content (AvgIpc) is 2.63. The van der Waals surface area contributed by atoms with Gasteiger partial charge in [0.2, 0.25) is 5.91 Å². The molecule has 0 aromatic carbocycles. The van der Waals surface area contributed by atoms with E-state index in [1.807, 2.05) is 6.07 Å². The third kappa shape index (κ3) is 5.11. The maximum atomic E-state index is 10.8. The minimum absolute atomic E-state index is 0.128. The highest BCUT2D eigenvalue weighted by Crippen LogP contribution is 2.19. The van der Waals surface area contributed by atoms with Crippen molar-refractivity contribution < 1.29 is 9.21 Å². The standard InChI is InChI=1S/C9H13ClN2O2S/c10-8-4-3-7(14-8)6-15-5-1-2-9(13)12-11/h3-4H,1-2,5-6,11H2,(H,12,13). The van der Waals surface area contributed by atoms with Crippen molar-refractivity contribution in [3.63, 3.8) is 0 Å². The number of carbonyl (C=O) groups excluding carboxylic acids is 1. The highest BCUT2D eigenvalue weighted by molar-refractivity contribution is 7.98. The van der Waals surface area contributed by atoms with Crippen LogP contribution in [-0.2, 0) is 10.5 Å². The van der Waals surface area contributed by atoms with Gasteiger partial charge in [0.05, 0.1) is 5.75 Å². The van der Waals surface area contributed by atoms with Gasteiger partial charge in [0, 0.05) is 6.42 Å². The van der Waals surface area contributed by atoms with Gasteiger partial charge in [-0.05, 0) is 35.9 Å². The fraction of sp³-hybridized carbons (Fsp3) is 0.444. The van der Waals surface area contributed by atoms with Crippen LogP contribution in [-0.4, -0.2) is 11.7 Å². The number of hydrogen-bond donors (Lipinski definition) is 2. The number of nitrogens with two attached hydrogens (primary N) is 1. The number of amides is 1. The molecule has 0 atom stereocenters. The number of carbonyl (C=O) groups is 1. The van der Waals surface area contributed by atoms with Crippen molar-refractivity contribution in [3.8, 4) is 0 Å². The first-order chi connectivity index (χ1) is 7.22. The molecule has 1 aromatic heterocycles. The Morgan fingerprint density at radius 2 is 2.40 bits per heavy atom. The van der Waals surface area contributed by atoms with Crippen LogP contribution in [0, 0.1) is 0 Å². The molecule has 0 radical (unpaired) electrons. The first-order valence-corrected chi connectivity index (χ1v) is 6.07. The Kier molecular flexibility index (Phi) is 5.60. The first kappa shape index (κ1) is 12.4. The normalized spacial score (nSPS) is 10.3. The molecule has 0 aliphatic heterocycles. The first-order valence-electron chi connectivity index (χ1n) is 4.54. The van der Waals surface area contributed by atoms with Crippen molar-refractivity contribution in [2.24, 2.45) is 5.84 Å². The van der Waals surface area contributed by atoms with E-state index in [1.165, 1.54) is 0 Å². The fourth-order valence-electron chi connectivity index (χ4n) is 1.01. The Morgan fingerprint density at radius 3 is 3.00 bits per heavy atom. The Hall–Kier alpha value is -0.650. The molecule has 1 amide bonds. The van der Waals surface area contributed by atoms with Crippen LogP contribution in [0.4, 0.5) is 0 Å². The van der Waals surface area contributed by atoms with Gasteiger partial charge in [0.1, 0.15) is 5.76 Å². The number of hydrazine groups is 1. The summed E-state index contributed by atoms with van der Waals surface area (Å²) in [6, 6.07) is 3.57. The van der Waals surface area contributed by atoms with Crippen LogP contribution in [0.1, 0.15) is 18.6 Å². The zero-order valence-corrected chi connectivity index (χ0v) is 9.74. The maximum Gasteiger partial charge on any atom is 0.233 e. The van der Waals surface area contributed by atoms with Gasteiger partial charge in [0.25, 0.3) is 0 Å². The molecule has 0 aliphatic rings. The number of thioether (sulfide) groups is 1. The Bertz CT molecular complexity index is 317. The maximum absolute atomic E-state index is 10.8. The smallest absolute Gasteiger partial charge is 0.233 e. The molecule has 1 heterocycles. The quantitative estimate of drug-likeness (QED) is 0.349. The summed E-state index contributed by atoms with van der Waals surface area (Å²) in [5.74, 6) is 7.34. The summed E-state index contributed by atoms with van der Waals surface area (Å²) < 4.78 is 5.18. The molecule has 4 nitrogen and oxygen atoms in total. The second-order valence-corrected chi connectivity index (χ2v) is 4.41. The Labute approximate surface area is 97.5 Å². The molecule has 0 saturated heterocycles. The molecule has 0 aliphatic carbocycles. The SMILES string of the molecule is NNC(=O)CCCSCc1ccc(Cl)o1. The zero-order valence-electron chi connectivity index (χ0n) is 8.16. The summed E-state index contributed by atoms with van der Waals surface area (Å²) in [6.45, 7) is 0. The second kappa shape index (κ2) is 6.76. The minimum atomic E-state index is -0.128. The van der Waals surface area contributed by atoms with E-state index in [4.69, 9.17) is 21.9 Å². The third-order valence-corrected chi connectivity index (χ3v) is 3.00. The van der Waals surface area contributed by atoms with E-state index in [0.29, 0.717) is 11.6 Å². The lowest BCUT2D eigenvalue weighted by molar-refractivity contribution is -0.121. The van der Waals surface area contributed by atoms with Crippen LogP contribution in [0.25, 0.3) is 0 Å². The number of halogens is 1. The predicted molar refractivity (Wildman–Crippen MR) is 61.4 cm³/mol. The predicted octanol–water partition coefficient (Wildman–Crippen LogP) is 1.94. The molecule has 0 saturated carbocycles. The minimum Gasteiger partial charge on any atom is -0.449 e. The summed E-state index contributed by atoms with van der Waals surface area (Å²) in [4.78, 5) is 10.8. The summed E-state index contributed by atoms with van der Waals surface area (Å²) in [5.41, 5.74) is 2.09. The van der Waals surface area contributed by atoms with E-state index in [-0.39, 0.29) is 5.91 Å². The molecule has 0 bridgehead atoms. The Balaban J connectivity index is 2.05. The second-order valence-electron chi connectivity index (χ2n) is 2.93. The average molecular weight is 249 g/mol. The molecule has 0 unspecified atom stereocenters. The van der Waals surface area contributed by atoms with Crippen molar-refractivity contribution in [3.05, 3.63) is 23.1 Å². The molecular formula is C9H13ClN2O2S. The van der Waals surface area contributed by atoms with Crippen LogP contribution in [0.15, 0.2) is 16.5 Å². The molecule has 15 heavy (non-hydrogen) atoms. The molecule has 1 rings (SSSR count). The lowest BCUT2D eigenvalue weighted by atomic mass is 10.3. The highest BCUT2D eigenvalue weighted by atomic mass is 35.5. The number of nitrogens with one attached hydrogen (secondary N) is 1. The van der Waals surface area contributed by atoms with Crippen LogP contribution < -0.4 is 11.3 Å². The zero-order chi connectivity index (χ0) is 11.1. The largest absolute Gasteiger partial charge is 0.449 e. The van der Waals surface area contributed by atoms with Gasteiger partial charge in [-0.1, -0.05) is 0 Å². The van der Waals surface area contributed by atoms with Gasteiger partial charge in [-0.2, -0.15) is 11.8 Å². The van der Waals surface area contributed by atoms with Gasteiger partial charge in [-0.25, -0.2) is 5.84 Å². The third-order valence-electron chi connectivity index (χ3n) is 1.73. The van der Waals surface area contributed by atoms with E-state index in [9.17, 15) is 4.79 Å². The van der Waals surface area contributed by atoms with Crippen LogP contribution in [0.5, 0.6) is 0 Å². The van der Waals surface area contributed by atoms with Crippen LogP contribution >= 0.6 is 23.4 Å². The van der Waals surface area contributed by atoms with E-state index < -0.39 is 0 Å². The fourth-order valence-corrected chi connectivity index (χ4v) is 2.02. The number of hydrogen-bond acceptors (Lipinski definition) is 4. The van der Waals surface area contributed by atoms with E-state index in [1.54, 1.807) is 17.8 Å². The topological polar surface area (TPSA) is 68.3 Å². The number of furan rings is 1. The van der Waals surface area contributed by atoms with Gasteiger partial charge >= 0.3 is 0 Å². The van der Waals surface area contributed by atoms with E-state index >= 15 is 0 Å². The Morgan fingerprint density at radius 1 is 1.60 bits per heavy atom. The van der Waals surface area contributed by atoms with Crippen LogP contribution in [0.3, 0.4) is 0 Å². The highest BCUT2D eigenvalue weighted by Gasteiger charge is 2.01. The monoisotopic (exact) mass is 248 g/mol. The summed E-state index contributed by atoms with van der Waals surface area (Å²) in [6.07, 6.45) is 1.27. The van der Waals surface area contributed by atoms with Crippen LogP contribution in [0.2, 0.25) is 5.22 Å². The summed E-state index contributed by atoms with van der Waals surface area (Å²) in [7, 11) is 0. The number of rotatable bonds is 6. The summed E-state index contributed by atoms with van der Waals surface area (Å²) >= 11 is 7.32. The molecule has 0 spiro atoms. The lowest BCUT2D eigenvalue weighted by Gasteiger charge is -1.99. The summed E-state index contributed by atoms with van der Waals surface area (Å²) in [5, 5.41) is 0.410. The molecule has 0 fully saturated rings. The van der Waals surface area contributed by atoms with Crippen molar-refractivity contribution in [1.82, 2.24) is 5.43 Å². The lowest BCUT2D eigenvalue weighted by Crippen LogP contribution is -2.29. The van der Waals surface area contributed by atoms with Gasteiger partial charge in [0.15, 0.2) is 5.22 Å². The molecule has 84 valence electrons.